The van der Waals surface area contributed by atoms with Gasteiger partial charge in [0.25, 0.3) is 0 Å². The van der Waals surface area contributed by atoms with Crippen molar-refractivity contribution in [2.75, 3.05) is 13.1 Å². The third-order valence-corrected chi connectivity index (χ3v) is 4.60. The van der Waals surface area contributed by atoms with Crippen molar-refractivity contribution < 1.29 is 22.8 Å². The number of carbonyl (C=O) groups excluding carboxylic acids is 2. The number of benzene rings is 2. The first-order valence-electron chi connectivity index (χ1n) is 9.40. The number of halogens is 3. The molecule has 0 bridgehead atoms. The van der Waals surface area contributed by atoms with Crippen molar-refractivity contribution in [2.45, 2.75) is 26.2 Å². The van der Waals surface area contributed by atoms with Crippen LogP contribution in [0.25, 0.3) is 11.0 Å². The fraction of sp³-hybridized carbons (Fsp3) is 0.286. The Hall–Kier alpha value is -3.36. The van der Waals surface area contributed by atoms with E-state index in [9.17, 15) is 22.8 Å². The predicted octanol–water partition coefficient (Wildman–Crippen LogP) is 3.22. The van der Waals surface area contributed by atoms with E-state index in [1.54, 1.807) is 17.0 Å². The van der Waals surface area contributed by atoms with Crippen LogP contribution in [0.3, 0.4) is 0 Å². The van der Waals surface area contributed by atoms with Crippen molar-refractivity contribution in [3.05, 3.63) is 66.0 Å². The van der Waals surface area contributed by atoms with E-state index in [1.165, 1.54) is 12.1 Å². The molecule has 0 fully saturated rings. The average Bonchev–Trinajstić information content (AvgIpc) is 3.10. The number of rotatable bonds is 7. The third-order valence-electron chi connectivity index (χ3n) is 4.60. The summed E-state index contributed by atoms with van der Waals surface area (Å²) in [5, 5.41) is 2.42. The molecule has 0 saturated heterocycles. The molecule has 0 aliphatic rings. The number of aromatic nitrogens is 2. The van der Waals surface area contributed by atoms with Gasteiger partial charge in [-0.2, -0.15) is 13.2 Å². The van der Waals surface area contributed by atoms with E-state index in [1.807, 2.05) is 37.3 Å². The third kappa shape index (κ3) is 4.97. The molecule has 9 heteroatoms. The Morgan fingerprint density at radius 2 is 1.73 bits per heavy atom. The molecule has 2 amide bonds. The molecule has 0 spiro atoms. The lowest BCUT2D eigenvalue weighted by Crippen LogP contribution is -2.41. The van der Waals surface area contributed by atoms with Crippen LogP contribution in [0.4, 0.5) is 13.2 Å². The zero-order valence-electron chi connectivity index (χ0n) is 16.3. The summed E-state index contributed by atoms with van der Waals surface area (Å²) in [6, 6.07) is 15.4. The quantitative estimate of drug-likeness (QED) is 0.641. The van der Waals surface area contributed by atoms with E-state index in [0.29, 0.717) is 13.1 Å². The molecule has 0 aliphatic heterocycles. The van der Waals surface area contributed by atoms with Crippen LogP contribution in [0, 0.1) is 0 Å². The lowest BCUT2D eigenvalue weighted by molar-refractivity contribution is -0.147. The van der Waals surface area contributed by atoms with Gasteiger partial charge in [0.05, 0.1) is 17.6 Å². The second kappa shape index (κ2) is 8.98. The number of likely N-dealkylation sites (N-methyl/N-ethyl adjacent to an activating group) is 1. The normalized spacial score (nSPS) is 11.5. The molecular weight excluding hydrogens is 397 g/mol. The van der Waals surface area contributed by atoms with Gasteiger partial charge in [0.2, 0.25) is 17.6 Å². The van der Waals surface area contributed by atoms with Gasteiger partial charge in [0.1, 0.15) is 6.54 Å². The fourth-order valence-electron chi connectivity index (χ4n) is 3.12. The Morgan fingerprint density at radius 3 is 2.40 bits per heavy atom. The van der Waals surface area contributed by atoms with Crippen molar-refractivity contribution in [2.24, 2.45) is 0 Å². The van der Waals surface area contributed by atoms with Crippen LogP contribution in [-0.4, -0.2) is 39.4 Å². The van der Waals surface area contributed by atoms with Gasteiger partial charge >= 0.3 is 6.18 Å². The number of hydrogen-bond acceptors (Lipinski definition) is 3. The van der Waals surface area contributed by atoms with Gasteiger partial charge in [-0.3, -0.25) is 9.59 Å². The first kappa shape index (κ1) is 21.4. The zero-order chi connectivity index (χ0) is 21.7. The lowest BCUT2D eigenvalue weighted by Gasteiger charge is -2.21. The highest BCUT2D eigenvalue weighted by Crippen LogP contribution is 2.31. The second-order valence-corrected chi connectivity index (χ2v) is 6.68. The molecule has 0 radical (unpaired) electrons. The first-order valence-corrected chi connectivity index (χ1v) is 9.40. The molecule has 6 nitrogen and oxygen atoms in total. The van der Waals surface area contributed by atoms with Crippen LogP contribution in [0.2, 0.25) is 0 Å². The molecule has 0 atom stereocenters. The zero-order valence-corrected chi connectivity index (χ0v) is 16.3. The molecule has 0 aliphatic carbocycles. The molecule has 1 aromatic heterocycles. The van der Waals surface area contributed by atoms with E-state index < -0.39 is 24.5 Å². The Labute approximate surface area is 171 Å². The van der Waals surface area contributed by atoms with Crippen molar-refractivity contribution in [1.82, 2.24) is 19.8 Å². The maximum absolute atomic E-state index is 13.3. The minimum absolute atomic E-state index is 0.147. The molecule has 158 valence electrons. The summed E-state index contributed by atoms with van der Waals surface area (Å²) >= 11 is 0. The van der Waals surface area contributed by atoms with Crippen molar-refractivity contribution in [1.29, 1.82) is 0 Å². The van der Waals surface area contributed by atoms with Crippen LogP contribution < -0.4 is 5.32 Å². The summed E-state index contributed by atoms with van der Waals surface area (Å²) in [4.78, 5) is 29.9. The summed E-state index contributed by atoms with van der Waals surface area (Å²) in [5.41, 5.74) is 1.29. The number of carbonyl (C=O) groups is 2. The van der Waals surface area contributed by atoms with E-state index >= 15 is 0 Å². The van der Waals surface area contributed by atoms with Crippen LogP contribution in [-0.2, 0) is 28.9 Å². The second-order valence-electron chi connectivity index (χ2n) is 6.68. The molecule has 2 aromatic carbocycles. The number of nitrogens with one attached hydrogen (secondary N) is 1. The summed E-state index contributed by atoms with van der Waals surface area (Å²) in [6.07, 6.45) is -4.70. The molecule has 1 heterocycles. The van der Waals surface area contributed by atoms with Crippen LogP contribution in [0.1, 0.15) is 18.3 Å². The Balaban J connectivity index is 1.66. The van der Waals surface area contributed by atoms with Gasteiger partial charge in [0.15, 0.2) is 0 Å². The standard InChI is InChI=1S/C21H21F3N4O2/c1-2-27(13-15-8-4-3-5-9-15)19(30)12-25-18(29)14-28-17-11-7-6-10-16(17)26-20(28)21(22,23)24/h3-11H,2,12-14H2,1H3,(H,25,29). The molecule has 30 heavy (non-hydrogen) atoms. The summed E-state index contributed by atoms with van der Waals surface area (Å²) < 4.78 is 40.8. The largest absolute Gasteiger partial charge is 0.449 e. The summed E-state index contributed by atoms with van der Waals surface area (Å²) in [5.74, 6) is -2.17. The van der Waals surface area contributed by atoms with E-state index in [-0.39, 0.29) is 23.5 Å². The highest BCUT2D eigenvalue weighted by Gasteiger charge is 2.38. The highest BCUT2D eigenvalue weighted by atomic mass is 19.4. The Kier molecular flexibility index (Phi) is 6.39. The number of fused-ring (bicyclic) bond motifs is 1. The number of amides is 2. The minimum atomic E-state index is -4.70. The van der Waals surface area contributed by atoms with E-state index in [4.69, 9.17) is 0 Å². The van der Waals surface area contributed by atoms with Gasteiger partial charge in [0, 0.05) is 13.1 Å². The van der Waals surface area contributed by atoms with Crippen LogP contribution >= 0.6 is 0 Å². The number of alkyl halides is 3. The SMILES string of the molecule is CCN(Cc1ccccc1)C(=O)CNC(=O)Cn1c(C(F)(F)F)nc2ccccc21. The van der Waals surface area contributed by atoms with Crippen molar-refractivity contribution >= 4 is 22.8 Å². The molecule has 3 rings (SSSR count). The summed E-state index contributed by atoms with van der Waals surface area (Å²) in [6.45, 7) is 1.75. The molecule has 0 unspecified atom stereocenters. The maximum atomic E-state index is 13.3. The van der Waals surface area contributed by atoms with Crippen LogP contribution in [0.15, 0.2) is 54.6 Å². The van der Waals surface area contributed by atoms with Crippen molar-refractivity contribution in [3.63, 3.8) is 0 Å². The van der Waals surface area contributed by atoms with Gasteiger partial charge in [-0.1, -0.05) is 42.5 Å². The Morgan fingerprint density at radius 1 is 1.07 bits per heavy atom. The van der Waals surface area contributed by atoms with Crippen LogP contribution in [0.5, 0.6) is 0 Å². The highest BCUT2D eigenvalue weighted by molar-refractivity contribution is 5.86. The molecule has 0 saturated carbocycles. The predicted molar refractivity (Wildman–Crippen MR) is 105 cm³/mol. The van der Waals surface area contributed by atoms with Crippen molar-refractivity contribution in [3.8, 4) is 0 Å². The monoisotopic (exact) mass is 418 g/mol. The summed E-state index contributed by atoms with van der Waals surface area (Å²) in [7, 11) is 0. The molecular formula is C21H21F3N4O2. The van der Waals surface area contributed by atoms with Gasteiger partial charge in [-0.15, -0.1) is 0 Å². The first-order chi connectivity index (χ1) is 14.3. The van der Waals surface area contributed by atoms with Gasteiger partial charge in [-0.25, -0.2) is 4.98 Å². The van der Waals surface area contributed by atoms with Gasteiger partial charge < -0.3 is 14.8 Å². The van der Waals surface area contributed by atoms with E-state index in [2.05, 4.69) is 10.3 Å². The van der Waals surface area contributed by atoms with E-state index in [0.717, 1.165) is 10.1 Å². The number of imidazole rings is 1. The molecule has 1 N–H and O–H groups in total. The minimum Gasteiger partial charge on any atom is -0.345 e. The number of para-hydroxylation sites is 2. The number of nitrogens with zero attached hydrogens (tertiary/aromatic N) is 3. The fourth-order valence-corrected chi connectivity index (χ4v) is 3.12. The number of hydrogen-bond donors (Lipinski definition) is 1. The smallest absolute Gasteiger partial charge is 0.345 e. The molecule has 3 aromatic rings. The average molecular weight is 418 g/mol. The van der Waals surface area contributed by atoms with Gasteiger partial charge in [-0.05, 0) is 24.6 Å². The topological polar surface area (TPSA) is 67.2 Å². The Bertz CT molecular complexity index is 1030. The maximum Gasteiger partial charge on any atom is 0.449 e. The lowest BCUT2D eigenvalue weighted by atomic mass is 10.2.